The summed E-state index contributed by atoms with van der Waals surface area (Å²) in [5, 5.41) is 5.03. The average Bonchev–Trinajstić information content (AvgIpc) is 3.01. The van der Waals surface area contributed by atoms with E-state index in [0.717, 1.165) is 11.3 Å². The van der Waals surface area contributed by atoms with Crippen molar-refractivity contribution in [1.29, 1.82) is 0 Å². The molecule has 0 aliphatic carbocycles. The molecular weight excluding hydrogens is 472 g/mol. The zero-order valence-corrected chi connectivity index (χ0v) is 21.7. The highest BCUT2D eigenvalue weighted by atomic mass is 14.7. The zero-order valence-electron chi connectivity index (χ0n) is 21.7. The van der Waals surface area contributed by atoms with E-state index in [4.69, 9.17) is 0 Å². The molecule has 0 spiro atoms. The van der Waals surface area contributed by atoms with E-state index >= 15 is 0 Å². The topological polar surface area (TPSA) is 25.8 Å². The van der Waals surface area contributed by atoms with Crippen molar-refractivity contribution < 1.29 is 0 Å². The molecule has 7 rings (SSSR count). The van der Waals surface area contributed by atoms with Crippen LogP contribution in [0.2, 0.25) is 0 Å². The number of nitrogens with zero attached hydrogens (tertiary/aromatic N) is 2. The third-order valence-corrected chi connectivity index (χ3v) is 7.56. The summed E-state index contributed by atoms with van der Waals surface area (Å²) >= 11 is 0. The Hall–Kier alpha value is -5.08. The second kappa shape index (κ2) is 9.66. The second-order valence-corrected chi connectivity index (χ2v) is 9.90. The van der Waals surface area contributed by atoms with Gasteiger partial charge in [-0.05, 0) is 85.6 Å². The van der Waals surface area contributed by atoms with Crippen LogP contribution in [0.1, 0.15) is 5.56 Å². The molecule has 0 amide bonds. The summed E-state index contributed by atoms with van der Waals surface area (Å²) < 4.78 is 0. The Morgan fingerprint density at radius 3 is 1.62 bits per heavy atom. The van der Waals surface area contributed by atoms with Gasteiger partial charge in [-0.1, -0.05) is 103 Å². The molecule has 2 nitrogen and oxygen atoms in total. The molecule has 7 aromatic rings. The Kier molecular flexibility index (Phi) is 5.71. The van der Waals surface area contributed by atoms with E-state index in [9.17, 15) is 0 Å². The fraction of sp³-hybridized carbons (Fsp3) is 0.0270. The Bertz CT molecular complexity index is 1880. The first-order valence-corrected chi connectivity index (χ1v) is 13.2. The van der Waals surface area contributed by atoms with Gasteiger partial charge in [0.1, 0.15) is 0 Å². The van der Waals surface area contributed by atoms with Crippen LogP contribution in [0.4, 0.5) is 0 Å². The molecule has 2 aromatic heterocycles. The third kappa shape index (κ3) is 4.07. The maximum Gasteiger partial charge on any atom is 0.0704 e. The normalized spacial score (nSPS) is 11.2. The molecule has 184 valence electrons. The molecule has 0 radical (unpaired) electrons. The second-order valence-electron chi connectivity index (χ2n) is 9.90. The van der Waals surface area contributed by atoms with Gasteiger partial charge in [-0.3, -0.25) is 9.97 Å². The van der Waals surface area contributed by atoms with Crippen LogP contribution in [-0.2, 0) is 0 Å². The van der Waals surface area contributed by atoms with Crippen molar-refractivity contribution in [3.8, 4) is 44.6 Å². The van der Waals surface area contributed by atoms with Gasteiger partial charge < -0.3 is 0 Å². The van der Waals surface area contributed by atoms with E-state index in [0.29, 0.717) is 0 Å². The highest BCUT2D eigenvalue weighted by molar-refractivity contribution is 6.21. The summed E-state index contributed by atoms with van der Waals surface area (Å²) in [4.78, 5) is 8.87. The largest absolute Gasteiger partial charge is 0.264 e. The van der Waals surface area contributed by atoms with E-state index in [-0.39, 0.29) is 0 Å². The fourth-order valence-corrected chi connectivity index (χ4v) is 5.74. The molecule has 2 heteroatoms. The Balaban J connectivity index is 1.44. The summed E-state index contributed by atoms with van der Waals surface area (Å²) in [5.41, 5.74) is 10.6. The van der Waals surface area contributed by atoms with Gasteiger partial charge >= 0.3 is 0 Å². The van der Waals surface area contributed by atoms with E-state index < -0.39 is 0 Å². The molecule has 39 heavy (non-hydrogen) atoms. The quantitative estimate of drug-likeness (QED) is 0.226. The maximum absolute atomic E-state index is 4.58. The summed E-state index contributed by atoms with van der Waals surface area (Å²) in [6.07, 6.45) is 5.58. The Morgan fingerprint density at radius 2 is 1.05 bits per heavy atom. The molecule has 0 atom stereocenters. The fourth-order valence-electron chi connectivity index (χ4n) is 5.74. The van der Waals surface area contributed by atoms with E-state index in [2.05, 4.69) is 120 Å². The Morgan fingerprint density at radius 1 is 0.462 bits per heavy atom. The lowest BCUT2D eigenvalue weighted by atomic mass is 9.85. The van der Waals surface area contributed by atoms with Gasteiger partial charge in [0.15, 0.2) is 0 Å². The SMILES string of the molecule is Cc1cc(-c2c3ccccc3c(-c3ccc(-c4cccnc4)cc3)c3ccccc23)ccc1-c1ccccn1. The third-order valence-electron chi connectivity index (χ3n) is 7.56. The van der Waals surface area contributed by atoms with Gasteiger partial charge in [0.2, 0.25) is 0 Å². The van der Waals surface area contributed by atoms with Crippen LogP contribution in [0, 0.1) is 6.92 Å². The molecule has 0 fully saturated rings. The number of pyridine rings is 2. The number of aromatic nitrogens is 2. The number of benzene rings is 5. The zero-order chi connectivity index (χ0) is 26.2. The predicted molar refractivity (Wildman–Crippen MR) is 164 cm³/mol. The van der Waals surface area contributed by atoms with E-state index in [1.807, 2.05) is 36.8 Å². The predicted octanol–water partition coefficient (Wildman–Crippen LogP) is 9.76. The van der Waals surface area contributed by atoms with E-state index in [1.54, 1.807) is 0 Å². The van der Waals surface area contributed by atoms with Crippen LogP contribution in [0.5, 0.6) is 0 Å². The first kappa shape index (κ1) is 23.1. The molecule has 2 heterocycles. The number of rotatable bonds is 4. The molecular formula is C37H26N2. The van der Waals surface area contributed by atoms with Crippen molar-refractivity contribution in [2.75, 3.05) is 0 Å². The van der Waals surface area contributed by atoms with Crippen LogP contribution in [0.15, 0.2) is 140 Å². The molecule has 5 aromatic carbocycles. The van der Waals surface area contributed by atoms with Gasteiger partial charge in [-0.15, -0.1) is 0 Å². The van der Waals surface area contributed by atoms with Gasteiger partial charge in [0, 0.05) is 24.2 Å². The highest BCUT2D eigenvalue weighted by Gasteiger charge is 2.17. The molecule has 0 bridgehead atoms. The van der Waals surface area contributed by atoms with Crippen LogP contribution in [-0.4, -0.2) is 9.97 Å². The molecule has 0 saturated heterocycles. The minimum Gasteiger partial charge on any atom is -0.264 e. The van der Waals surface area contributed by atoms with Gasteiger partial charge in [0.05, 0.1) is 5.69 Å². The summed E-state index contributed by atoms with van der Waals surface area (Å²) in [5.74, 6) is 0. The number of hydrogen-bond donors (Lipinski definition) is 0. The van der Waals surface area contributed by atoms with Crippen LogP contribution < -0.4 is 0 Å². The number of aryl methyl sites for hydroxylation is 1. The lowest BCUT2D eigenvalue weighted by Crippen LogP contribution is -1.92. The van der Waals surface area contributed by atoms with Crippen LogP contribution in [0.25, 0.3) is 66.2 Å². The molecule has 0 N–H and O–H groups in total. The van der Waals surface area contributed by atoms with Crippen molar-refractivity contribution in [2.24, 2.45) is 0 Å². The summed E-state index contributed by atoms with van der Waals surface area (Å²) in [6.45, 7) is 2.18. The van der Waals surface area contributed by atoms with Gasteiger partial charge in [0.25, 0.3) is 0 Å². The van der Waals surface area contributed by atoms with Crippen molar-refractivity contribution in [3.63, 3.8) is 0 Å². The molecule has 0 aliphatic rings. The average molecular weight is 499 g/mol. The maximum atomic E-state index is 4.58. The minimum absolute atomic E-state index is 1.00. The van der Waals surface area contributed by atoms with Crippen LogP contribution >= 0.6 is 0 Å². The lowest BCUT2D eigenvalue weighted by molar-refractivity contribution is 1.31. The van der Waals surface area contributed by atoms with Crippen molar-refractivity contribution >= 4 is 21.5 Å². The number of hydrogen-bond acceptors (Lipinski definition) is 2. The Labute approximate surface area is 228 Å². The molecule has 0 saturated carbocycles. The molecule has 0 aliphatic heterocycles. The van der Waals surface area contributed by atoms with E-state index in [1.165, 1.54) is 60.5 Å². The smallest absolute Gasteiger partial charge is 0.0704 e. The monoisotopic (exact) mass is 498 g/mol. The summed E-state index contributed by atoms with van der Waals surface area (Å²) in [7, 11) is 0. The lowest BCUT2D eigenvalue weighted by Gasteiger charge is -2.18. The highest BCUT2D eigenvalue weighted by Crippen LogP contribution is 2.44. The van der Waals surface area contributed by atoms with Gasteiger partial charge in [-0.2, -0.15) is 0 Å². The van der Waals surface area contributed by atoms with Crippen molar-refractivity contribution in [3.05, 3.63) is 145 Å². The summed E-state index contributed by atoms with van der Waals surface area (Å²) in [6, 6.07) is 43.4. The van der Waals surface area contributed by atoms with Gasteiger partial charge in [-0.25, -0.2) is 0 Å². The first-order chi connectivity index (χ1) is 19.3. The van der Waals surface area contributed by atoms with Crippen molar-refractivity contribution in [2.45, 2.75) is 6.92 Å². The standard InChI is InChI=1S/C37H26N2/c1-25-23-28(19-20-30(25)35-14-6-7-22-39-35)37-33-12-4-2-10-31(33)36(32-11-3-5-13-34(32)37)27-17-15-26(16-18-27)29-9-8-21-38-24-29/h2-24H,1H3. The van der Waals surface area contributed by atoms with Crippen molar-refractivity contribution in [1.82, 2.24) is 9.97 Å². The molecule has 0 unspecified atom stereocenters. The first-order valence-electron chi connectivity index (χ1n) is 13.2. The van der Waals surface area contributed by atoms with Crippen LogP contribution in [0.3, 0.4) is 0 Å². The number of fused-ring (bicyclic) bond motifs is 2. The minimum atomic E-state index is 1.00.